The van der Waals surface area contributed by atoms with Crippen molar-refractivity contribution >= 4 is 5.91 Å². The van der Waals surface area contributed by atoms with Gasteiger partial charge in [-0.3, -0.25) is 4.79 Å². The number of hydrogen-bond donors (Lipinski definition) is 2. The van der Waals surface area contributed by atoms with Gasteiger partial charge in [0.15, 0.2) is 0 Å². The van der Waals surface area contributed by atoms with Crippen LogP contribution in [0.4, 0.5) is 0 Å². The summed E-state index contributed by atoms with van der Waals surface area (Å²) >= 11 is 0. The molecule has 1 amide bonds. The minimum atomic E-state index is -0.260. The van der Waals surface area contributed by atoms with E-state index in [0.717, 1.165) is 32.1 Å². The van der Waals surface area contributed by atoms with E-state index in [4.69, 9.17) is 5.73 Å². The first-order valence-corrected chi connectivity index (χ1v) is 7.05. The third-order valence-electron chi connectivity index (χ3n) is 4.26. The lowest BCUT2D eigenvalue weighted by Gasteiger charge is -2.28. The summed E-state index contributed by atoms with van der Waals surface area (Å²) in [6.45, 7) is 7.02. The normalized spacial score (nSPS) is 22.1. The van der Waals surface area contributed by atoms with Crippen molar-refractivity contribution in [2.24, 2.45) is 17.1 Å². The van der Waals surface area contributed by atoms with Gasteiger partial charge in [0.05, 0.1) is 5.41 Å². The largest absolute Gasteiger partial charge is 0.353 e. The predicted molar refractivity (Wildman–Crippen MR) is 71.6 cm³/mol. The van der Waals surface area contributed by atoms with Gasteiger partial charge in [0.1, 0.15) is 0 Å². The number of amides is 1. The molecule has 3 nitrogen and oxygen atoms in total. The Bertz CT molecular complexity index is 247. The topological polar surface area (TPSA) is 55.1 Å². The van der Waals surface area contributed by atoms with Crippen LogP contribution in [0.1, 0.15) is 59.3 Å². The molecule has 0 spiro atoms. The van der Waals surface area contributed by atoms with Gasteiger partial charge in [-0.2, -0.15) is 0 Å². The highest BCUT2D eigenvalue weighted by atomic mass is 16.2. The second kappa shape index (κ2) is 6.39. The average Bonchev–Trinajstić information content (AvgIpc) is 2.78. The highest BCUT2D eigenvalue weighted by molar-refractivity contribution is 5.83. The van der Waals surface area contributed by atoms with E-state index < -0.39 is 0 Å². The fourth-order valence-electron chi connectivity index (χ4n) is 2.78. The van der Waals surface area contributed by atoms with Crippen LogP contribution in [-0.2, 0) is 4.79 Å². The molecule has 17 heavy (non-hydrogen) atoms. The minimum absolute atomic E-state index is 0.188. The van der Waals surface area contributed by atoms with Gasteiger partial charge < -0.3 is 11.1 Å². The maximum atomic E-state index is 12.3. The van der Waals surface area contributed by atoms with Gasteiger partial charge in [-0.15, -0.1) is 0 Å². The van der Waals surface area contributed by atoms with Crippen LogP contribution in [-0.4, -0.2) is 18.5 Å². The lowest BCUT2D eigenvalue weighted by atomic mass is 9.85. The van der Waals surface area contributed by atoms with Gasteiger partial charge in [-0.1, -0.05) is 33.1 Å². The third-order valence-corrected chi connectivity index (χ3v) is 4.26. The molecule has 1 rings (SSSR count). The molecule has 3 N–H and O–H groups in total. The molecule has 0 saturated heterocycles. The molecule has 0 aromatic rings. The van der Waals surface area contributed by atoms with Crippen LogP contribution in [0.15, 0.2) is 0 Å². The second-order valence-corrected chi connectivity index (χ2v) is 5.82. The molecule has 0 bridgehead atoms. The molecule has 100 valence electrons. The van der Waals surface area contributed by atoms with Gasteiger partial charge >= 0.3 is 0 Å². The molecule has 2 unspecified atom stereocenters. The fraction of sp³-hybridized carbons (Fsp3) is 0.929. The van der Waals surface area contributed by atoms with E-state index in [-0.39, 0.29) is 17.4 Å². The zero-order valence-corrected chi connectivity index (χ0v) is 11.6. The predicted octanol–water partition coefficient (Wildman–Crippen LogP) is 2.45. The zero-order chi connectivity index (χ0) is 12.9. The van der Waals surface area contributed by atoms with Crippen LogP contribution < -0.4 is 11.1 Å². The van der Waals surface area contributed by atoms with E-state index in [1.807, 2.05) is 0 Å². The summed E-state index contributed by atoms with van der Waals surface area (Å²) in [7, 11) is 0. The van der Waals surface area contributed by atoms with Crippen molar-refractivity contribution in [1.29, 1.82) is 0 Å². The summed E-state index contributed by atoms with van der Waals surface area (Å²) in [6, 6.07) is 0.265. The lowest BCUT2D eigenvalue weighted by molar-refractivity contribution is -0.131. The van der Waals surface area contributed by atoms with Crippen molar-refractivity contribution < 1.29 is 4.79 Å². The zero-order valence-electron chi connectivity index (χ0n) is 11.6. The Morgan fingerprint density at radius 3 is 2.41 bits per heavy atom. The number of nitrogens with two attached hydrogens (primary N) is 1. The molecule has 0 radical (unpaired) electrons. The molecule has 0 aromatic heterocycles. The number of carbonyl (C=O) groups is 1. The molecule has 1 aliphatic rings. The first-order chi connectivity index (χ1) is 8.04. The van der Waals surface area contributed by atoms with E-state index in [9.17, 15) is 4.79 Å². The van der Waals surface area contributed by atoms with Crippen LogP contribution >= 0.6 is 0 Å². The van der Waals surface area contributed by atoms with E-state index in [1.165, 1.54) is 6.42 Å². The number of nitrogens with one attached hydrogen (secondary N) is 1. The van der Waals surface area contributed by atoms with Crippen LogP contribution in [0.5, 0.6) is 0 Å². The van der Waals surface area contributed by atoms with Crippen molar-refractivity contribution in [3.63, 3.8) is 0 Å². The molecule has 1 fully saturated rings. The number of carbonyl (C=O) groups excluding carboxylic acids is 1. The van der Waals surface area contributed by atoms with Crippen LogP contribution in [0.2, 0.25) is 0 Å². The standard InChI is InChI=1S/C14H28N2O/c1-4-11(2)9-12(3)16-13(17)14(10-15)7-5-6-8-14/h11-12H,4-10,15H2,1-3H3,(H,16,17). The molecule has 0 aromatic carbocycles. The average molecular weight is 240 g/mol. The Balaban J connectivity index is 2.47. The van der Waals surface area contributed by atoms with E-state index in [1.54, 1.807) is 0 Å². The van der Waals surface area contributed by atoms with Gasteiger partial charge in [0, 0.05) is 12.6 Å². The monoisotopic (exact) mass is 240 g/mol. The fourth-order valence-corrected chi connectivity index (χ4v) is 2.78. The Labute approximate surface area is 106 Å². The van der Waals surface area contributed by atoms with E-state index in [0.29, 0.717) is 12.5 Å². The van der Waals surface area contributed by atoms with Gasteiger partial charge in [0.2, 0.25) is 5.91 Å². The lowest BCUT2D eigenvalue weighted by Crippen LogP contribution is -2.47. The van der Waals surface area contributed by atoms with Crippen molar-refractivity contribution in [1.82, 2.24) is 5.32 Å². The Kier molecular flexibility index (Phi) is 5.44. The summed E-state index contributed by atoms with van der Waals surface area (Å²) in [5, 5.41) is 3.16. The highest BCUT2D eigenvalue weighted by Crippen LogP contribution is 2.37. The van der Waals surface area contributed by atoms with Crippen LogP contribution in [0.3, 0.4) is 0 Å². The Morgan fingerprint density at radius 1 is 1.35 bits per heavy atom. The van der Waals surface area contributed by atoms with Gasteiger partial charge in [-0.05, 0) is 32.1 Å². The molecule has 0 heterocycles. The van der Waals surface area contributed by atoms with E-state index >= 15 is 0 Å². The van der Waals surface area contributed by atoms with Gasteiger partial charge in [0.25, 0.3) is 0 Å². The second-order valence-electron chi connectivity index (χ2n) is 5.82. The third kappa shape index (κ3) is 3.70. The van der Waals surface area contributed by atoms with Crippen LogP contribution in [0.25, 0.3) is 0 Å². The maximum absolute atomic E-state index is 12.3. The summed E-state index contributed by atoms with van der Waals surface area (Å²) < 4.78 is 0. The molecule has 3 heteroatoms. The quantitative estimate of drug-likeness (QED) is 0.749. The molecular weight excluding hydrogens is 212 g/mol. The molecular formula is C14H28N2O. The number of hydrogen-bond acceptors (Lipinski definition) is 2. The summed E-state index contributed by atoms with van der Waals surface area (Å²) in [5.74, 6) is 0.857. The Hall–Kier alpha value is -0.570. The maximum Gasteiger partial charge on any atom is 0.227 e. The SMILES string of the molecule is CCC(C)CC(C)NC(=O)C1(CN)CCCC1. The van der Waals surface area contributed by atoms with E-state index in [2.05, 4.69) is 26.1 Å². The first kappa shape index (κ1) is 14.5. The van der Waals surface area contributed by atoms with Crippen molar-refractivity contribution in [2.45, 2.75) is 65.3 Å². The summed E-state index contributed by atoms with van der Waals surface area (Å²) in [4.78, 5) is 12.3. The summed E-state index contributed by atoms with van der Waals surface area (Å²) in [6.07, 6.45) is 6.44. The minimum Gasteiger partial charge on any atom is -0.353 e. The molecule has 1 aliphatic carbocycles. The van der Waals surface area contributed by atoms with Crippen molar-refractivity contribution in [3.05, 3.63) is 0 Å². The van der Waals surface area contributed by atoms with Crippen LogP contribution in [0, 0.1) is 11.3 Å². The van der Waals surface area contributed by atoms with Crippen molar-refractivity contribution in [2.75, 3.05) is 6.54 Å². The molecule has 0 aliphatic heterocycles. The summed E-state index contributed by atoms with van der Waals surface area (Å²) in [5.41, 5.74) is 5.55. The molecule has 2 atom stereocenters. The number of rotatable bonds is 6. The smallest absolute Gasteiger partial charge is 0.227 e. The highest BCUT2D eigenvalue weighted by Gasteiger charge is 2.40. The van der Waals surface area contributed by atoms with Crippen molar-refractivity contribution in [3.8, 4) is 0 Å². The first-order valence-electron chi connectivity index (χ1n) is 7.05. The Morgan fingerprint density at radius 2 is 1.94 bits per heavy atom. The van der Waals surface area contributed by atoms with Gasteiger partial charge in [-0.25, -0.2) is 0 Å². The molecule has 1 saturated carbocycles.